The van der Waals surface area contributed by atoms with Crippen LogP contribution in [0.15, 0.2) is 24.3 Å². The van der Waals surface area contributed by atoms with Crippen LogP contribution in [0.25, 0.3) is 10.1 Å². The summed E-state index contributed by atoms with van der Waals surface area (Å²) in [6, 6.07) is 6.03. The van der Waals surface area contributed by atoms with E-state index in [4.69, 9.17) is 5.11 Å². The van der Waals surface area contributed by atoms with Gasteiger partial charge in [-0.05, 0) is 25.0 Å². The first kappa shape index (κ1) is 17.9. The number of nitrogens with zero attached hydrogens (tertiary/aromatic N) is 1. The molecule has 1 heterocycles. The zero-order valence-electron chi connectivity index (χ0n) is 13.4. The molecular formula is C16H18N2O5S. The van der Waals surface area contributed by atoms with Gasteiger partial charge in [-0.1, -0.05) is 13.8 Å². The first-order chi connectivity index (χ1) is 11.3. The van der Waals surface area contributed by atoms with Crippen molar-refractivity contribution in [2.75, 3.05) is 0 Å². The molecule has 0 aliphatic carbocycles. The molecule has 0 atom stereocenters. The van der Waals surface area contributed by atoms with Crippen LogP contribution in [-0.4, -0.2) is 27.4 Å². The maximum Gasteiger partial charge on any atom is 0.305 e. The maximum absolute atomic E-state index is 12.5. The lowest BCUT2D eigenvalue weighted by molar-refractivity contribution is -0.384. The number of nitro groups is 1. The molecule has 7 nitrogen and oxygen atoms in total. The van der Waals surface area contributed by atoms with E-state index in [2.05, 4.69) is 5.32 Å². The van der Waals surface area contributed by atoms with Gasteiger partial charge in [-0.2, -0.15) is 0 Å². The molecule has 2 N–H and O–H groups in total. The number of carbonyl (C=O) groups is 2. The van der Waals surface area contributed by atoms with Gasteiger partial charge in [0.25, 0.3) is 11.6 Å². The highest BCUT2D eigenvalue weighted by atomic mass is 32.1. The Labute approximate surface area is 142 Å². The van der Waals surface area contributed by atoms with Gasteiger partial charge in [0.05, 0.1) is 21.8 Å². The highest BCUT2D eigenvalue weighted by Gasteiger charge is 2.31. The van der Waals surface area contributed by atoms with Crippen molar-refractivity contribution in [3.8, 4) is 0 Å². The van der Waals surface area contributed by atoms with E-state index in [0.29, 0.717) is 23.1 Å². The Bertz CT molecular complexity index is 795. The van der Waals surface area contributed by atoms with Gasteiger partial charge >= 0.3 is 5.97 Å². The number of hydrogen-bond donors (Lipinski definition) is 2. The standard InChI is InChI=1S/C16H18N2O5S/c1-3-16(4-2,9-14(19)20)17-15(21)13-8-10-7-11(18(22)23)5-6-12(10)24-13/h5-8H,3-4,9H2,1-2H3,(H,17,21)(H,19,20). The van der Waals surface area contributed by atoms with Gasteiger partial charge in [0, 0.05) is 22.2 Å². The number of nitrogens with one attached hydrogen (secondary N) is 1. The molecule has 128 valence electrons. The average Bonchev–Trinajstić information content (AvgIpc) is 2.96. The van der Waals surface area contributed by atoms with Crippen molar-refractivity contribution in [2.45, 2.75) is 38.6 Å². The van der Waals surface area contributed by atoms with Gasteiger partial charge in [0.1, 0.15) is 0 Å². The number of amides is 1. The van der Waals surface area contributed by atoms with E-state index >= 15 is 0 Å². The van der Waals surface area contributed by atoms with Crippen molar-refractivity contribution < 1.29 is 19.6 Å². The Morgan fingerprint density at radius 1 is 1.29 bits per heavy atom. The van der Waals surface area contributed by atoms with Crippen molar-refractivity contribution in [1.29, 1.82) is 0 Å². The number of aliphatic carboxylic acids is 1. The Morgan fingerprint density at radius 2 is 1.96 bits per heavy atom. The number of nitro benzene ring substituents is 1. The normalized spacial score (nSPS) is 11.4. The summed E-state index contributed by atoms with van der Waals surface area (Å²) in [7, 11) is 0. The number of thiophene rings is 1. The monoisotopic (exact) mass is 350 g/mol. The smallest absolute Gasteiger partial charge is 0.305 e. The number of fused-ring (bicyclic) bond motifs is 1. The van der Waals surface area contributed by atoms with Crippen LogP contribution >= 0.6 is 11.3 Å². The zero-order valence-corrected chi connectivity index (χ0v) is 14.2. The molecule has 1 aromatic heterocycles. The van der Waals surface area contributed by atoms with Gasteiger partial charge in [-0.25, -0.2) is 0 Å². The summed E-state index contributed by atoms with van der Waals surface area (Å²) in [5.41, 5.74) is -0.833. The first-order valence-corrected chi connectivity index (χ1v) is 8.34. The van der Waals surface area contributed by atoms with Crippen LogP contribution < -0.4 is 5.32 Å². The predicted octanol–water partition coefficient (Wildman–Crippen LogP) is 3.57. The molecule has 2 rings (SSSR count). The van der Waals surface area contributed by atoms with Crippen LogP contribution in [0, 0.1) is 10.1 Å². The quantitative estimate of drug-likeness (QED) is 0.586. The SMILES string of the molecule is CCC(CC)(CC(=O)O)NC(=O)c1cc2cc([N+](=O)[O-])ccc2s1. The topological polar surface area (TPSA) is 110 Å². The van der Waals surface area contributed by atoms with Gasteiger partial charge in [-0.3, -0.25) is 19.7 Å². The number of carbonyl (C=O) groups excluding carboxylic acids is 1. The Kier molecular flexibility index (Phi) is 5.18. The van der Waals surface area contributed by atoms with E-state index in [9.17, 15) is 19.7 Å². The highest BCUT2D eigenvalue weighted by Crippen LogP contribution is 2.30. The summed E-state index contributed by atoms with van der Waals surface area (Å²) in [5, 5.41) is 23.4. The predicted molar refractivity (Wildman–Crippen MR) is 91.5 cm³/mol. The third-order valence-electron chi connectivity index (χ3n) is 4.16. The van der Waals surface area contributed by atoms with Crippen LogP contribution in [0.4, 0.5) is 5.69 Å². The number of carboxylic acid groups (broad SMARTS) is 1. The number of hydrogen-bond acceptors (Lipinski definition) is 5. The average molecular weight is 350 g/mol. The molecule has 0 saturated carbocycles. The molecule has 0 spiro atoms. The van der Waals surface area contributed by atoms with Crippen LogP contribution in [0.5, 0.6) is 0 Å². The third kappa shape index (κ3) is 3.70. The second-order valence-electron chi connectivity index (χ2n) is 5.60. The van der Waals surface area contributed by atoms with Gasteiger partial charge < -0.3 is 10.4 Å². The van der Waals surface area contributed by atoms with E-state index in [-0.39, 0.29) is 18.0 Å². The summed E-state index contributed by atoms with van der Waals surface area (Å²) in [4.78, 5) is 34.3. The highest BCUT2D eigenvalue weighted by molar-refractivity contribution is 7.20. The van der Waals surface area contributed by atoms with Gasteiger partial charge in [0.2, 0.25) is 0 Å². The number of rotatable bonds is 7. The van der Waals surface area contributed by atoms with Gasteiger partial charge in [-0.15, -0.1) is 11.3 Å². The summed E-state index contributed by atoms with van der Waals surface area (Å²) >= 11 is 1.22. The second-order valence-corrected chi connectivity index (χ2v) is 6.69. The summed E-state index contributed by atoms with van der Waals surface area (Å²) in [5.74, 6) is -1.32. The number of benzene rings is 1. The summed E-state index contributed by atoms with van der Waals surface area (Å²) in [6.07, 6.45) is 0.845. The molecule has 0 aliphatic heterocycles. The Hall–Kier alpha value is -2.48. The van der Waals surface area contributed by atoms with Gasteiger partial charge in [0.15, 0.2) is 0 Å². The molecule has 0 radical (unpaired) electrons. The molecule has 2 aromatic rings. The van der Waals surface area contributed by atoms with Crippen LogP contribution in [-0.2, 0) is 4.79 Å². The third-order valence-corrected chi connectivity index (χ3v) is 5.27. The van der Waals surface area contributed by atoms with Crippen molar-refractivity contribution in [3.05, 3.63) is 39.3 Å². The minimum Gasteiger partial charge on any atom is -0.481 e. The molecular weight excluding hydrogens is 332 g/mol. The molecule has 0 saturated heterocycles. The maximum atomic E-state index is 12.5. The Morgan fingerprint density at radius 3 is 2.50 bits per heavy atom. The van der Waals surface area contributed by atoms with E-state index < -0.39 is 16.4 Å². The lowest BCUT2D eigenvalue weighted by Gasteiger charge is -2.31. The lowest BCUT2D eigenvalue weighted by atomic mass is 9.89. The van der Waals surface area contributed by atoms with Crippen molar-refractivity contribution in [3.63, 3.8) is 0 Å². The minimum atomic E-state index is -0.967. The fourth-order valence-corrected chi connectivity index (χ4v) is 3.51. The van der Waals surface area contributed by atoms with E-state index in [1.807, 2.05) is 13.8 Å². The Balaban J connectivity index is 2.30. The van der Waals surface area contributed by atoms with Crippen molar-refractivity contribution in [2.24, 2.45) is 0 Å². The largest absolute Gasteiger partial charge is 0.481 e. The van der Waals surface area contributed by atoms with E-state index in [0.717, 1.165) is 4.70 Å². The van der Waals surface area contributed by atoms with Crippen molar-refractivity contribution in [1.82, 2.24) is 5.32 Å². The molecule has 0 fully saturated rings. The zero-order chi connectivity index (χ0) is 17.9. The minimum absolute atomic E-state index is 0.0328. The van der Waals surface area contributed by atoms with Crippen molar-refractivity contribution >= 4 is 39.0 Å². The number of non-ortho nitro benzene ring substituents is 1. The molecule has 24 heavy (non-hydrogen) atoms. The lowest BCUT2D eigenvalue weighted by Crippen LogP contribution is -2.48. The van der Waals surface area contributed by atoms with E-state index in [1.54, 1.807) is 12.1 Å². The molecule has 0 unspecified atom stereocenters. The summed E-state index contributed by atoms with van der Waals surface area (Å²) < 4.78 is 0.766. The fourth-order valence-electron chi connectivity index (χ4n) is 2.57. The van der Waals surface area contributed by atoms with E-state index in [1.165, 1.54) is 23.5 Å². The van der Waals surface area contributed by atoms with Crippen LogP contribution in [0.3, 0.4) is 0 Å². The van der Waals surface area contributed by atoms with Crippen LogP contribution in [0.2, 0.25) is 0 Å². The second kappa shape index (κ2) is 6.96. The molecule has 0 bridgehead atoms. The molecule has 1 aromatic carbocycles. The molecule has 1 amide bonds. The number of carboxylic acids is 1. The first-order valence-electron chi connectivity index (χ1n) is 7.52. The summed E-state index contributed by atoms with van der Waals surface area (Å²) in [6.45, 7) is 3.67. The fraction of sp³-hybridized carbons (Fsp3) is 0.375. The molecule has 0 aliphatic rings. The van der Waals surface area contributed by atoms with Crippen LogP contribution in [0.1, 0.15) is 42.8 Å². The molecule has 8 heteroatoms.